The lowest BCUT2D eigenvalue weighted by molar-refractivity contribution is 0.922. The molecule has 0 spiro atoms. The third-order valence-electron chi connectivity index (χ3n) is 3.07. The lowest BCUT2D eigenvalue weighted by Crippen LogP contribution is -2.03. The van der Waals surface area contributed by atoms with E-state index in [-0.39, 0.29) is 0 Å². The van der Waals surface area contributed by atoms with Crippen molar-refractivity contribution in [3.8, 4) is 0 Å². The van der Waals surface area contributed by atoms with E-state index in [0.717, 1.165) is 22.7 Å². The molecule has 0 amide bonds. The van der Waals surface area contributed by atoms with E-state index in [0.29, 0.717) is 18.0 Å². The van der Waals surface area contributed by atoms with Crippen LogP contribution in [0.3, 0.4) is 0 Å². The zero-order valence-electron chi connectivity index (χ0n) is 10.2. The maximum Gasteiger partial charge on any atom is 0.163 e. The molecule has 2 aromatic heterocycles. The summed E-state index contributed by atoms with van der Waals surface area (Å²) in [5, 5.41) is 2.08. The predicted molar refractivity (Wildman–Crippen MR) is 72.1 cm³/mol. The van der Waals surface area contributed by atoms with Crippen LogP contribution in [0.5, 0.6) is 0 Å². The molecule has 0 aliphatic rings. The van der Waals surface area contributed by atoms with Crippen LogP contribution in [0.1, 0.15) is 18.3 Å². The Morgan fingerprint density at radius 1 is 1.11 bits per heavy atom. The molecule has 3 aromatic rings. The van der Waals surface area contributed by atoms with Crippen molar-refractivity contribution in [2.24, 2.45) is 5.73 Å². The summed E-state index contributed by atoms with van der Waals surface area (Å²) in [7, 11) is 0. The zero-order valence-corrected chi connectivity index (χ0v) is 10.2. The molecule has 4 heteroatoms. The van der Waals surface area contributed by atoms with Crippen molar-refractivity contribution in [3.05, 3.63) is 41.9 Å². The molecule has 90 valence electrons. The average Bonchev–Trinajstić information content (AvgIpc) is 2.43. The van der Waals surface area contributed by atoms with E-state index in [9.17, 15) is 0 Å². The van der Waals surface area contributed by atoms with Gasteiger partial charge in [0.25, 0.3) is 0 Å². The Morgan fingerprint density at radius 3 is 2.78 bits per heavy atom. The molecule has 1 aromatic carbocycles. The monoisotopic (exact) mass is 238 g/mol. The molecule has 0 unspecified atom stereocenters. The molecule has 3 rings (SSSR count). The van der Waals surface area contributed by atoms with Gasteiger partial charge in [0.2, 0.25) is 0 Å². The SMILES string of the molecule is CCc1ccc2nc3nc(CN)ncc3cc2c1. The Kier molecular flexibility index (Phi) is 2.64. The van der Waals surface area contributed by atoms with Crippen molar-refractivity contribution in [3.63, 3.8) is 0 Å². The summed E-state index contributed by atoms with van der Waals surface area (Å²) in [5.41, 5.74) is 8.52. The minimum atomic E-state index is 0.338. The first-order valence-electron chi connectivity index (χ1n) is 6.05. The van der Waals surface area contributed by atoms with Gasteiger partial charge in [-0.1, -0.05) is 13.0 Å². The van der Waals surface area contributed by atoms with Crippen LogP contribution in [0, 0.1) is 0 Å². The van der Waals surface area contributed by atoms with Crippen molar-refractivity contribution in [1.82, 2.24) is 15.0 Å². The van der Waals surface area contributed by atoms with Gasteiger partial charge in [-0.25, -0.2) is 15.0 Å². The highest BCUT2D eigenvalue weighted by Gasteiger charge is 2.03. The quantitative estimate of drug-likeness (QED) is 0.695. The smallest absolute Gasteiger partial charge is 0.163 e. The van der Waals surface area contributed by atoms with Crippen LogP contribution >= 0.6 is 0 Å². The molecule has 0 bridgehead atoms. The van der Waals surface area contributed by atoms with Crippen molar-refractivity contribution >= 4 is 21.9 Å². The van der Waals surface area contributed by atoms with Gasteiger partial charge in [-0.05, 0) is 30.2 Å². The summed E-state index contributed by atoms with van der Waals surface area (Å²) >= 11 is 0. The Bertz CT molecular complexity index is 658. The van der Waals surface area contributed by atoms with Gasteiger partial charge in [0, 0.05) is 17.0 Å². The number of nitrogens with zero attached hydrogens (tertiary/aromatic N) is 3. The molecule has 0 aliphatic heterocycles. The number of aromatic nitrogens is 3. The fourth-order valence-corrected chi connectivity index (χ4v) is 2.03. The van der Waals surface area contributed by atoms with Crippen molar-refractivity contribution < 1.29 is 0 Å². The van der Waals surface area contributed by atoms with E-state index in [1.54, 1.807) is 6.20 Å². The molecule has 4 nitrogen and oxygen atoms in total. The summed E-state index contributed by atoms with van der Waals surface area (Å²) in [6, 6.07) is 8.39. The second-order valence-electron chi connectivity index (χ2n) is 4.27. The van der Waals surface area contributed by atoms with Gasteiger partial charge in [-0.2, -0.15) is 0 Å². The molecule has 0 fully saturated rings. The maximum atomic E-state index is 5.54. The molecule has 0 aliphatic carbocycles. The Labute approximate surface area is 105 Å². The summed E-state index contributed by atoms with van der Waals surface area (Å²) < 4.78 is 0. The number of rotatable bonds is 2. The van der Waals surface area contributed by atoms with E-state index >= 15 is 0 Å². The fraction of sp³-hybridized carbons (Fsp3) is 0.214. The average molecular weight is 238 g/mol. The van der Waals surface area contributed by atoms with Gasteiger partial charge in [0.15, 0.2) is 5.65 Å². The number of nitrogens with two attached hydrogens (primary N) is 1. The summed E-state index contributed by atoms with van der Waals surface area (Å²) in [5.74, 6) is 0.625. The first-order chi connectivity index (χ1) is 8.80. The van der Waals surface area contributed by atoms with Crippen LogP contribution in [0.15, 0.2) is 30.5 Å². The lowest BCUT2D eigenvalue weighted by atomic mass is 10.1. The van der Waals surface area contributed by atoms with Crippen LogP contribution in [0.4, 0.5) is 0 Å². The third-order valence-corrected chi connectivity index (χ3v) is 3.07. The third kappa shape index (κ3) is 1.80. The summed E-state index contributed by atoms with van der Waals surface area (Å²) in [6.07, 6.45) is 2.81. The molecule has 0 saturated carbocycles. The second-order valence-corrected chi connectivity index (χ2v) is 4.27. The number of hydrogen-bond donors (Lipinski definition) is 1. The zero-order chi connectivity index (χ0) is 12.5. The molecular weight excluding hydrogens is 224 g/mol. The topological polar surface area (TPSA) is 64.7 Å². The first kappa shape index (κ1) is 11.0. The van der Waals surface area contributed by atoms with E-state index in [4.69, 9.17) is 5.73 Å². The Hall–Kier alpha value is -2.07. The number of aryl methyl sites for hydroxylation is 1. The van der Waals surface area contributed by atoms with Gasteiger partial charge in [-0.15, -0.1) is 0 Å². The van der Waals surface area contributed by atoms with Crippen LogP contribution in [0.25, 0.3) is 21.9 Å². The Balaban J connectivity index is 2.28. The molecule has 18 heavy (non-hydrogen) atoms. The summed E-state index contributed by atoms with van der Waals surface area (Å²) in [4.78, 5) is 13.1. The molecule has 0 saturated heterocycles. The largest absolute Gasteiger partial charge is 0.324 e. The van der Waals surface area contributed by atoms with Crippen molar-refractivity contribution in [1.29, 1.82) is 0 Å². The minimum absolute atomic E-state index is 0.338. The fourth-order valence-electron chi connectivity index (χ4n) is 2.03. The molecule has 2 N–H and O–H groups in total. The van der Waals surface area contributed by atoms with Crippen LogP contribution in [-0.4, -0.2) is 15.0 Å². The van der Waals surface area contributed by atoms with E-state index < -0.39 is 0 Å². The predicted octanol–water partition coefficient (Wildman–Crippen LogP) is 2.20. The van der Waals surface area contributed by atoms with Gasteiger partial charge in [-0.3, -0.25) is 0 Å². The number of benzene rings is 1. The van der Waals surface area contributed by atoms with Crippen molar-refractivity contribution in [2.45, 2.75) is 19.9 Å². The van der Waals surface area contributed by atoms with Crippen LogP contribution < -0.4 is 5.73 Å². The van der Waals surface area contributed by atoms with Gasteiger partial charge in [0.1, 0.15) is 5.82 Å². The molecule has 2 heterocycles. The van der Waals surface area contributed by atoms with E-state index in [1.165, 1.54) is 5.56 Å². The highest BCUT2D eigenvalue weighted by molar-refractivity contribution is 5.90. The second kappa shape index (κ2) is 4.31. The van der Waals surface area contributed by atoms with E-state index in [2.05, 4.69) is 40.1 Å². The minimum Gasteiger partial charge on any atom is -0.324 e. The lowest BCUT2D eigenvalue weighted by Gasteiger charge is -2.04. The Morgan fingerprint density at radius 2 is 2.00 bits per heavy atom. The highest BCUT2D eigenvalue weighted by Crippen LogP contribution is 2.19. The van der Waals surface area contributed by atoms with Crippen LogP contribution in [-0.2, 0) is 13.0 Å². The van der Waals surface area contributed by atoms with Crippen LogP contribution in [0.2, 0.25) is 0 Å². The number of fused-ring (bicyclic) bond motifs is 2. The van der Waals surface area contributed by atoms with Gasteiger partial charge in [0.05, 0.1) is 12.1 Å². The summed E-state index contributed by atoms with van der Waals surface area (Å²) in [6.45, 7) is 2.48. The molecular formula is C14H14N4. The van der Waals surface area contributed by atoms with Gasteiger partial charge < -0.3 is 5.73 Å². The molecule has 0 atom stereocenters. The van der Waals surface area contributed by atoms with Gasteiger partial charge >= 0.3 is 0 Å². The first-order valence-corrected chi connectivity index (χ1v) is 6.05. The standard InChI is InChI=1S/C14H14N4/c1-2-9-3-4-12-10(5-9)6-11-8-16-13(7-15)18-14(11)17-12/h3-6,8H,2,7,15H2,1H3. The number of pyridine rings is 1. The maximum absolute atomic E-state index is 5.54. The van der Waals surface area contributed by atoms with Crippen molar-refractivity contribution in [2.75, 3.05) is 0 Å². The molecule has 0 radical (unpaired) electrons. The normalized spacial score (nSPS) is 11.2. The number of hydrogen-bond acceptors (Lipinski definition) is 4. The van der Waals surface area contributed by atoms with E-state index in [1.807, 2.05) is 6.07 Å². The highest BCUT2D eigenvalue weighted by atomic mass is 14.9.